The van der Waals surface area contributed by atoms with Crippen molar-refractivity contribution < 1.29 is 4.79 Å². The maximum Gasteiger partial charge on any atom is 0.264 e. The highest BCUT2D eigenvalue weighted by Crippen LogP contribution is 2.53. The number of hydrogen-bond donors (Lipinski definition) is 1. The number of aryl methyl sites for hydroxylation is 2. The zero-order valence-corrected chi connectivity index (χ0v) is 13.3. The van der Waals surface area contributed by atoms with Crippen molar-refractivity contribution in [1.82, 2.24) is 0 Å². The first-order valence-corrected chi connectivity index (χ1v) is 9.65. The summed E-state index contributed by atoms with van der Waals surface area (Å²) < 4.78 is 0. The summed E-state index contributed by atoms with van der Waals surface area (Å²) in [6.07, 6.45) is 0.911. The van der Waals surface area contributed by atoms with Gasteiger partial charge in [0.1, 0.15) is 5.66 Å². The van der Waals surface area contributed by atoms with E-state index in [0.29, 0.717) is 0 Å². The maximum absolute atomic E-state index is 12.4. The molecule has 0 aliphatic rings. The van der Waals surface area contributed by atoms with Crippen molar-refractivity contribution in [3.05, 3.63) is 29.3 Å². The lowest BCUT2D eigenvalue weighted by molar-refractivity contribution is -0.115. The van der Waals surface area contributed by atoms with Gasteiger partial charge in [-0.2, -0.15) is 0 Å². The molecule has 0 aliphatic heterocycles. The molecule has 1 N–H and O–H groups in total. The van der Waals surface area contributed by atoms with Gasteiger partial charge in [-0.3, -0.25) is 4.79 Å². The fourth-order valence-corrected chi connectivity index (χ4v) is 4.17. The Balaban J connectivity index is 2.94. The zero-order valence-electron chi connectivity index (χ0n) is 12.4. The molecule has 3 heteroatoms. The quantitative estimate of drug-likeness (QED) is 0.822. The fraction of sp³-hybridized carbons (Fsp3) is 0.533. The first-order valence-electron chi connectivity index (χ1n) is 6.45. The van der Waals surface area contributed by atoms with Crippen LogP contribution in [0.3, 0.4) is 0 Å². The van der Waals surface area contributed by atoms with Gasteiger partial charge >= 0.3 is 0 Å². The van der Waals surface area contributed by atoms with Gasteiger partial charge in [0.05, 0.1) is 0 Å². The number of benzene rings is 1. The Bertz CT molecular complexity index is 414. The molecule has 0 fully saturated rings. The van der Waals surface area contributed by atoms with Crippen molar-refractivity contribution in [2.75, 3.05) is 25.3 Å². The van der Waals surface area contributed by atoms with Crippen LogP contribution >= 0.6 is 7.26 Å². The molecule has 1 aromatic carbocycles. The van der Waals surface area contributed by atoms with Crippen LogP contribution in [0.2, 0.25) is 0 Å². The Morgan fingerprint density at radius 2 is 1.72 bits per heavy atom. The van der Waals surface area contributed by atoms with Crippen LogP contribution in [-0.4, -0.2) is 31.6 Å². The van der Waals surface area contributed by atoms with Gasteiger partial charge in [-0.25, -0.2) is 0 Å². The summed E-state index contributed by atoms with van der Waals surface area (Å²) in [5.41, 5.74) is 3.39. The summed E-state index contributed by atoms with van der Waals surface area (Å²) in [4.78, 5) is 12.4. The second-order valence-electron chi connectivity index (χ2n) is 5.80. The highest BCUT2D eigenvalue weighted by atomic mass is 31.2. The summed E-state index contributed by atoms with van der Waals surface area (Å²) in [6.45, 7) is 12.9. The largest absolute Gasteiger partial charge is 0.322 e. The average Bonchev–Trinajstić information content (AvgIpc) is 2.22. The lowest BCUT2D eigenvalue weighted by Gasteiger charge is -2.23. The van der Waals surface area contributed by atoms with Gasteiger partial charge in [-0.15, -0.1) is 0 Å². The average molecular weight is 266 g/mol. The van der Waals surface area contributed by atoms with Crippen molar-refractivity contribution in [2.45, 2.75) is 32.9 Å². The highest BCUT2D eigenvalue weighted by molar-refractivity contribution is 7.75. The van der Waals surface area contributed by atoms with Gasteiger partial charge in [0.15, 0.2) is 0 Å². The molecule has 0 aromatic heterocycles. The van der Waals surface area contributed by atoms with E-state index in [1.54, 1.807) is 0 Å². The molecule has 1 amide bonds. The van der Waals surface area contributed by atoms with Gasteiger partial charge in [0.25, 0.3) is 5.91 Å². The standard InChI is InChI=1S/C15H24NOP/c1-7-13(18(4,5)6)15(17)16-14-11(2)9-8-10-12(14)3/h8-10,13H,7H2,1-6H3/p+1. The summed E-state index contributed by atoms with van der Waals surface area (Å²) in [7, 11) is -1.16. The van der Waals surface area contributed by atoms with Crippen LogP contribution in [0.1, 0.15) is 24.5 Å². The number of carbonyl (C=O) groups excluding carboxylic acids is 1. The van der Waals surface area contributed by atoms with E-state index in [-0.39, 0.29) is 11.6 Å². The summed E-state index contributed by atoms with van der Waals surface area (Å²) >= 11 is 0. The van der Waals surface area contributed by atoms with E-state index in [0.717, 1.165) is 23.2 Å². The predicted molar refractivity (Wildman–Crippen MR) is 83.3 cm³/mol. The SMILES string of the molecule is CCC(C(=O)Nc1c(C)cccc1C)[P+](C)(C)C. The Morgan fingerprint density at radius 1 is 1.22 bits per heavy atom. The lowest BCUT2D eigenvalue weighted by Crippen LogP contribution is -2.29. The van der Waals surface area contributed by atoms with Gasteiger partial charge in [0, 0.05) is 32.9 Å². The molecule has 0 spiro atoms. The van der Waals surface area contributed by atoms with Gasteiger partial charge < -0.3 is 5.32 Å². The Kier molecular flexibility index (Phi) is 4.92. The van der Waals surface area contributed by atoms with E-state index < -0.39 is 7.26 Å². The number of hydrogen-bond acceptors (Lipinski definition) is 1. The molecule has 1 unspecified atom stereocenters. The highest BCUT2D eigenvalue weighted by Gasteiger charge is 2.36. The molecule has 1 atom stereocenters. The Hall–Kier alpha value is -0.880. The fourth-order valence-electron chi connectivity index (χ4n) is 2.30. The molecule has 0 saturated carbocycles. The van der Waals surface area contributed by atoms with Gasteiger partial charge in [0.2, 0.25) is 0 Å². The normalized spacial score (nSPS) is 13.2. The first kappa shape index (κ1) is 15.2. The number of nitrogens with one attached hydrogen (secondary N) is 1. The molecular weight excluding hydrogens is 241 g/mol. The van der Waals surface area contributed by atoms with Crippen LogP contribution in [0.5, 0.6) is 0 Å². The molecular formula is C15H25NOP+. The number of anilines is 1. The summed E-state index contributed by atoms with van der Waals surface area (Å²) in [5.74, 6) is 0.177. The third-order valence-corrected chi connectivity index (χ3v) is 5.82. The number of rotatable bonds is 4. The van der Waals surface area contributed by atoms with Crippen LogP contribution in [0.4, 0.5) is 5.69 Å². The summed E-state index contributed by atoms with van der Waals surface area (Å²) in [6, 6.07) is 6.10. The van der Waals surface area contributed by atoms with E-state index >= 15 is 0 Å². The van der Waals surface area contributed by atoms with E-state index in [2.05, 4.69) is 32.2 Å². The molecule has 0 saturated heterocycles. The van der Waals surface area contributed by atoms with Crippen molar-refractivity contribution >= 4 is 18.9 Å². The van der Waals surface area contributed by atoms with Crippen molar-refractivity contribution in [3.8, 4) is 0 Å². The smallest absolute Gasteiger partial charge is 0.264 e. The molecule has 18 heavy (non-hydrogen) atoms. The van der Waals surface area contributed by atoms with Crippen LogP contribution < -0.4 is 5.32 Å². The molecule has 0 heterocycles. The maximum atomic E-state index is 12.4. The molecule has 1 rings (SSSR count). The van der Waals surface area contributed by atoms with Crippen molar-refractivity contribution in [3.63, 3.8) is 0 Å². The van der Waals surface area contributed by atoms with E-state index in [4.69, 9.17) is 0 Å². The lowest BCUT2D eigenvalue weighted by atomic mass is 10.1. The molecule has 0 radical (unpaired) electrons. The van der Waals surface area contributed by atoms with E-state index in [1.807, 2.05) is 32.0 Å². The Labute approximate surface area is 112 Å². The van der Waals surface area contributed by atoms with Crippen LogP contribution in [-0.2, 0) is 4.79 Å². The van der Waals surface area contributed by atoms with E-state index in [1.165, 1.54) is 0 Å². The molecule has 0 aliphatic carbocycles. The van der Waals surface area contributed by atoms with Crippen LogP contribution in [0, 0.1) is 13.8 Å². The Morgan fingerprint density at radius 3 is 2.11 bits per heavy atom. The number of para-hydroxylation sites is 1. The minimum Gasteiger partial charge on any atom is -0.322 e. The topological polar surface area (TPSA) is 29.1 Å². The van der Waals surface area contributed by atoms with Crippen molar-refractivity contribution in [1.29, 1.82) is 0 Å². The van der Waals surface area contributed by atoms with E-state index in [9.17, 15) is 4.79 Å². The first-order chi connectivity index (χ1) is 8.27. The monoisotopic (exact) mass is 266 g/mol. The minimum absolute atomic E-state index is 0.150. The van der Waals surface area contributed by atoms with Crippen LogP contribution in [0.25, 0.3) is 0 Å². The molecule has 100 valence electrons. The van der Waals surface area contributed by atoms with Crippen molar-refractivity contribution in [2.24, 2.45) is 0 Å². The third-order valence-electron chi connectivity index (χ3n) is 3.35. The van der Waals surface area contributed by atoms with Gasteiger partial charge in [-0.1, -0.05) is 25.1 Å². The minimum atomic E-state index is -1.16. The molecule has 2 nitrogen and oxygen atoms in total. The molecule has 0 bridgehead atoms. The second kappa shape index (κ2) is 5.84. The second-order valence-corrected chi connectivity index (χ2v) is 10.7. The zero-order chi connectivity index (χ0) is 13.9. The van der Waals surface area contributed by atoms with Crippen LogP contribution in [0.15, 0.2) is 18.2 Å². The molecule has 1 aromatic rings. The summed E-state index contributed by atoms with van der Waals surface area (Å²) in [5, 5.41) is 3.12. The predicted octanol–water partition coefficient (Wildman–Crippen LogP) is 3.93. The van der Waals surface area contributed by atoms with Gasteiger partial charge in [-0.05, 0) is 31.4 Å². The third kappa shape index (κ3) is 3.55. The number of carbonyl (C=O) groups is 1. The number of amides is 1.